The lowest BCUT2D eigenvalue weighted by Crippen LogP contribution is -2.28. The zero-order valence-corrected chi connectivity index (χ0v) is 17.4. The number of benzene rings is 2. The van der Waals surface area contributed by atoms with E-state index >= 15 is 0 Å². The molecule has 0 N–H and O–H groups in total. The van der Waals surface area contributed by atoms with Crippen LogP contribution in [0, 0.1) is 0 Å². The lowest BCUT2D eigenvalue weighted by Gasteiger charge is -2.28. The van der Waals surface area contributed by atoms with Crippen LogP contribution in [0.5, 0.6) is 17.2 Å². The third-order valence-corrected chi connectivity index (χ3v) is 5.95. The Morgan fingerprint density at radius 3 is 2.77 bits per heavy atom. The Kier molecular flexibility index (Phi) is 4.51. The van der Waals surface area contributed by atoms with E-state index in [0.29, 0.717) is 29.4 Å². The van der Waals surface area contributed by atoms with Gasteiger partial charge in [-0.2, -0.15) is 0 Å². The van der Waals surface area contributed by atoms with Crippen molar-refractivity contribution in [3.8, 4) is 17.2 Å². The highest BCUT2D eigenvalue weighted by Gasteiger charge is 2.34. The molecular formula is C24H24N2O4. The first kappa shape index (κ1) is 18.8. The summed E-state index contributed by atoms with van der Waals surface area (Å²) < 4.78 is 19.2. The van der Waals surface area contributed by atoms with Crippen LogP contribution in [0.2, 0.25) is 0 Å². The van der Waals surface area contributed by atoms with E-state index in [1.54, 1.807) is 13.2 Å². The van der Waals surface area contributed by atoms with Crippen LogP contribution in [0.15, 0.2) is 36.5 Å². The van der Waals surface area contributed by atoms with Crippen molar-refractivity contribution in [3.05, 3.63) is 58.8 Å². The Hall–Kier alpha value is -3.25. The van der Waals surface area contributed by atoms with Crippen molar-refractivity contribution in [2.75, 3.05) is 27.5 Å². The minimum atomic E-state index is -0.0758. The van der Waals surface area contributed by atoms with Crippen LogP contribution in [-0.2, 0) is 20.0 Å². The van der Waals surface area contributed by atoms with E-state index in [1.165, 1.54) is 0 Å². The number of ether oxygens (including phenoxy) is 3. The Bertz CT molecular complexity index is 1190. The second-order valence-electron chi connectivity index (χ2n) is 7.83. The van der Waals surface area contributed by atoms with E-state index < -0.39 is 0 Å². The molecule has 0 saturated carbocycles. The number of likely N-dealkylation sites (N-methyl/N-ethyl adjacent to an activating group) is 1. The van der Waals surface area contributed by atoms with Crippen molar-refractivity contribution in [1.82, 2.24) is 9.47 Å². The van der Waals surface area contributed by atoms with Gasteiger partial charge in [-0.3, -0.25) is 4.79 Å². The van der Waals surface area contributed by atoms with Gasteiger partial charge in [0.05, 0.1) is 12.7 Å². The number of carbonyl (C=O) groups is 1. The van der Waals surface area contributed by atoms with Gasteiger partial charge in [0.15, 0.2) is 17.3 Å². The molecule has 154 valence electrons. The molecule has 1 aromatic heterocycles. The van der Waals surface area contributed by atoms with Crippen LogP contribution in [-0.4, -0.2) is 42.7 Å². The van der Waals surface area contributed by atoms with E-state index in [1.807, 2.05) is 31.5 Å². The number of hydrogen-bond donors (Lipinski definition) is 0. The molecule has 0 radical (unpaired) electrons. The fourth-order valence-electron chi connectivity index (χ4n) is 4.52. The van der Waals surface area contributed by atoms with Crippen molar-refractivity contribution >= 4 is 22.8 Å². The number of methoxy groups -OCH3 is 1. The second kappa shape index (κ2) is 7.22. The first-order chi connectivity index (χ1) is 14.6. The molecule has 5 rings (SSSR count). The van der Waals surface area contributed by atoms with Gasteiger partial charge in [0.25, 0.3) is 0 Å². The SMILES string of the molecule is COc1c2c(c(C(=O)/C=C/c3cn(C)c4ccccc34)c3c1OCO3)CCN(C)C2. The summed E-state index contributed by atoms with van der Waals surface area (Å²) >= 11 is 0. The Labute approximate surface area is 175 Å². The van der Waals surface area contributed by atoms with Crippen LogP contribution in [0.1, 0.15) is 27.0 Å². The predicted octanol–water partition coefficient (Wildman–Crippen LogP) is 3.80. The molecule has 0 unspecified atom stereocenters. The summed E-state index contributed by atoms with van der Waals surface area (Å²) in [5.41, 5.74) is 4.76. The Morgan fingerprint density at radius 1 is 1.13 bits per heavy atom. The summed E-state index contributed by atoms with van der Waals surface area (Å²) in [5.74, 6) is 1.64. The Morgan fingerprint density at radius 2 is 1.93 bits per heavy atom. The highest BCUT2D eigenvalue weighted by atomic mass is 16.7. The standard InChI is InChI=1S/C24H24N2O4/c1-25-11-10-17-18(13-25)22(28-3)24-23(29-14-30-24)21(17)20(27)9-8-15-12-26(2)19-7-5-4-6-16(15)19/h4-9,12H,10-11,13-14H2,1-3H3/b9-8+. The summed E-state index contributed by atoms with van der Waals surface area (Å²) in [4.78, 5) is 15.6. The molecule has 3 aromatic rings. The number of hydrogen-bond acceptors (Lipinski definition) is 5. The first-order valence-electron chi connectivity index (χ1n) is 10.0. The molecule has 2 aliphatic rings. The number of aromatic nitrogens is 1. The second-order valence-corrected chi connectivity index (χ2v) is 7.83. The highest BCUT2D eigenvalue weighted by Crippen LogP contribution is 2.49. The fraction of sp³-hybridized carbons (Fsp3) is 0.292. The van der Waals surface area contributed by atoms with E-state index in [9.17, 15) is 4.79 Å². The first-order valence-corrected chi connectivity index (χ1v) is 10.0. The summed E-state index contributed by atoms with van der Waals surface area (Å²) in [6.45, 7) is 1.68. The molecule has 3 heterocycles. The van der Waals surface area contributed by atoms with E-state index in [4.69, 9.17) is 14.2 Å². The minimum absolute atomic E-state index is 0.0758. The summed E-state index contributed by atoms with van der Waals surface area (Å²) in [5, 5.41) is 1.12. The largest absolute Gasteiger partial charge is 0.492 e. The quantitative estimate of drug-likeness (QED) is 0.489. The molecule has 6 heteroatoms. The molecule has 6 nitrogen and oxygen atoms in total. The molecule has 0 amide bonds. The van der Waals surface area contributed by atoms with Gasteiger partial charge >= 0.3 is 0 Å². The van der Waals surface area contributed by atoms with Gasteiger partial charge in [-0.1, -0.05) is 18.2 Å². The molecule has 0 atom stereocenters. The van der Waals surface area contributed by atoms with Crippen molar-refractivity contribution < 1.29 is 19.0 Å². The van der Waals surface area contributed by atoms with Gasteiger partial charge in [0.2, 0.25) is 12.5 Å². The van der Waals surface area contributed by atoms with Crippen LogP contribution >= 0.6 is 0 Å². The molecular weight excluding hydrogens is 380 g/mol. The van der Waals surface area contributed by atoms with Gasteiger partial charge in [-0.25, -0.2) is 0 Å². The minimum Gasteiger partial charge on any atom is -0.492 e. The van der Waals surface area contributed by atoms with Crippen molar-refractivity contribution in [3.63, 3.8) is 0 Å². The molecule has 0 fully saturated rings. The van der Waals surface area contributed by atoms with Crippen LogP contribution in [0.3, 0.4) is 0 Å². The van der Waals surface area contributed by atoms with E-state index in [-0.39, 0.29) is 12.6 Å². The van der Waals surface area contributed by atoms with Crippen molar-refractivity contribution in [2.45, 2.75) is 13.0 Å². The van der Waals surface area contributed by atoms with E-state index in [0.717, 1.165) is 40.6 Å². The average molecular weight is 404 g/mol. The zero-order valence-electron chi connectivity index (χ0n) is 17.4. The molecule has 30 heavy (non-hydrogen) atoms. The number of rotatable bonds is 4. The maximum Gasteiger partial charge on any atom is 0.231 e. The summed E-state index contributed by atoms with van der Waals surface area (Å²) in [6, 6.07) is 8.17. The maximum absolute atomic E-state index is 13.4. The summed E-state index contributed by atoms with van der Waals surface area (Å²) in [6.07, 6.45) is 6.33. The van der Waals surface area contributed by atoms with Gasteiger partial charge < -0.3 is 23.7 Å². The third-order valence-electron chi connectivity index (χ3n) is 5.95. The maximum atomic E-state index is 13.4. The lowest BCUT2D eigenvalue weighted by molar-refractivity contribution is 0.104. The molecule has 2 aromatic carbocycles. The van der Waals surface area contributed by atoms with E-state index in [2.05, 4.69) is 28.6 Å². The van der Waals surface area contributed by atoms with Gasteiger partial charge in [0, 0.05) is 48.4 Å². The average Bonchev–Trinajstić information content (AvgIpc) is 3.35. The fourth-order valence-corrected chi connectivity index (χ4v) is 4.52. The zero-order chi connectivity index (χ0) is 20.8. The molecule has 0 aliphatic carbocycles. The molecule has 0 spiro atoms. The number of allylic oxidation sites excluding steroid dienone is 1. The van der Waals surface area contributed by atoms with Gasteiger partial charge in [0.1, 0.15) is 0 Å². The number of ketones is 1. The van der Waals surface area contributed by atoms with Gasteiger partial charge in [-0.15, -0.1) is 0 Å². The number of para-hydroxylation sites is 1. The number of aryl methyl sites for hydroxylation is 1. The molecule has 2 aliphatic heterocycles. The molecule has 0 saturated heterocycles. The Balaban J connectivity index is 1.60. The van der Waals surface area contributed by atoms with Crippen molar-refractivity contribution in [1.29, 1.82) is 0 Å². The van der Waals surface area contributed by atoms with Crippen LogP contribution in [0.25, 0.3) is 17.0 Å². The molecule has 0 bridgehead atoms. The van der Waals surface area contributed by atoms with Crippen molar-refractivity contribution in [2.24, 2.45) is 7.05 Å². The summed E-state index contributed by atoms with van der Waals surface area (Å²) in [7, 11) is 5.71. The number of carbonyl (C=O) groups excluding carboxylic acids is 1. The predicted molar refractivity (Wildman–Crippen MR) is 115 cm³/mol. The van der Waals surface area contributed by atoms with Gasteiger partial charge in [-0.05, 0) is 37.3 Å². The van der Waals surface area contributed by atoms with Crippen LogP contribution < -0.4 is 14.2 Å². The normalized spacial score (nSPS) is 15.7. The topological polar surface area (TPSA) is 52.9 Å². The van der Waals surface area contributed by atoms with Crippen LogP contribution in [0.4, 0.5) is 0 Å². The number of nitrogens with zero attached hydrogens (tertiary/aromatic N) is 2. The third kappa shape index (κ3) is 2.87. The highest BCUT2D eigenvalue weighted by molar-refractivity contribution is 6.11. The lowest BCUT2D eigenvalue weighted by atomic mass is 9.90. The number of fused-ring (bicyclic) bond motifs is 3. The smallest absolute Gasteiger partial charge is 0.231 e. The monoisotopic (exact) mass is 404 g/mol.